The Bertz CT molecular complexity index is 823. The lowest BCUT2D eigenvalue weighted by Gasteiger charge is -2.58. The van der Waals surface area contributed by atoms with Gasteiger partial charge in [0.05, 0.1) is 6.10 Å². The lowest BCUT2D eigenvalue weighted by atomic mass is 9.47. The van der Waals surface area contributed by atoms with Crippen LogP contribution in [-0.2, 0) is 4.74 Å². The number of hydrogen-bond acceptors (Lipinski definition) is 3. The van der Waals surface area contributed by atoms with Gasteiger partial charge in [0.25, 0.3) is 0 Å². The molecule has 218 valence electrons. The largest absolute Gasteiger partial charge is 0.446 e. The second-order valence-electron chi connectivity index (χ2n) is 14.7. The van der Waals surface area contributed by atoms with Gasteiger partial charge in [0.2, 0.25) is 0 Å². The molecule has 3 fully saturated rings. The Labute approximate surface area is 234 Å². The molecule has 38 heavy (non-hydrogen) atoms. The molecule has 4 aliphatic carbocycles. The Balaban J connectivity index is 1.51. The third-order valence-corrected chi connectivity index (χ3v) is 11.8. The molecule has 1 amide bonds. The Morgan fingerprint density at radius 3 is 2.61 bits per heavy atom. The summed E-state index contributed by atoms with van der Waals surface area (Å²) >= 11 is 0. The normalized spacial score (nSPS) is 39.1. The number of nitrogens with one attached hydrogen (secondary N) is 1. The molecule has 0 aromatic heterocycles. The zero-order chi connectivity index (χ0) is 27.5. The summed E-state index contributed by atoms with van der Waals surface area (Å²) in [6.07, 6.45) is 18.3. The van der Waals surface area contributed by atoms with Crippen LogP contribution in [0.1, 0.15) is 131 Å². The molecule has 0 aliphatic heterocycles. The Hall–Kier alpha value is -1.03. The molecule has 0 saturated heterocycles. The number of carbonyl (C=O) groups is 1. The van der Waals surface area contributed by atoms with E-state index < -0.39 is 0 Å². The molecule has 0 aromatic rings. The number of aliphatic hydroxyl groups is 1. The van der Waals surface area contributed by atoms with Gasteiger partial charge in [-0.3, -0.25) is 0 Å². The van der Waals surface area contributed by atoms with Gasteiger partial charge in [0.1, 0.15) is 6.10 Å². The number of rotatable bonds is 11. The van der Waals surface area contributed by atoms with Crippen molar-refractivity contribution in [2.24, 2.45) is 46.3 Å². The number of hydrogen-bond donors (Lipinski definition) is 2. The minimum Gasteiger partial charge on any atom is -0.446 e. The smallest absolute Gasteiger partial charge is 0.407 e. The summed E-state index contributed by atoms with van der Waals surface area (Å²) in [5.41, 5.74) is 2.02. The predicted molar refractivity (Wildman–Crippen MR) is 157 cm³/mol. The van der Waals surface area contributed by atoms with Crippen LogP contribution in [0.2, 0.25) is 0 Å². The van der Waals surface area contributed by atoms with Gasteiger partial charge >= 0.3 is 6.09 Å². The van der Waals surface area contributed by atoms with Gasteiger partial charge in [0, 0.05) is 12.5 Å². The fourth-order valence-electron chi connectivity index (χ4n) is 9.76. The van der Waals surface area contributed by atoms with Crippen molar-refractivity contribution in [1.29, 1.82) is 0 Å². The summed E-state index contributed by atoms with van der Waals surface area (Å²) in [6, 6.07) is 0. The molecular formula is C34H59NO3. The molecule has 3 saturated carbocycles. The van der Waals surface area contributed by atoms with Gasteiger partial charge in [-0.1, -0.05) is 91.7 Å². The summed E-state index contributed by atoms with van der Waals surface area (Å²) in [5.74, 6) is 3.75. The van der Waals surface area contributed by atoms with Gasteiger partial charge in [-0.2, -0.15) is 0 Å². The fourth-order valence-corrected chi connectivity index (χ4v) is 9.76. The number of unbranched alkanes of at least 4 members (excludes halogenated alkanes) is 3. The monoisotopic (exact) mass is 529 g/mol. The number of alkyl carbamates (subject to hydrolysis) is 1. The van der Waals surface area contributed by atoms with Gasteiger partial charge in [-0.25, -0.2) is 4.79 Å². The number of allylic oxidation sites excluding steroid dienone is 1. The predicted octanol–water partition coefficient (Wildman–Crippen LogP) is 8.67. The van der Waals surface area contributed by atoms with Crippen LogP contribution in [0, 0.1) is 46.3 Å². The van der Waals surface area contributed by atoms with Crippen molar-refractivity contribution in [2.75, 3.05) is 6.54 Å². The van der Waals surface area contributed by atoms with Gasteiger partial charge in [-0.15, -0.1) is 0 Å². The Morgan fingerprint density at radius 2 is 1.87 bits per heavy atom. The first-order valence-electron chi connectivity index (χ1n) is 16.4. The number of aliphatic hydroxyl groups excluding tert-OH is 1. The van der Waals surface area contributed by atoms with E-state index in [0.29, 0.717) is 29.6 Å². The number of ether oxygens (including phenoxy) is 1. The SMILES string of the molecule is CCCCCCNC(=O)OC1C[C@H]2[C@@H]3CC=C4C[C@@H](O)CC[C@]4(C)[C@H]3CC[C@]2(C)[C@H]1[C@H](C)CCCC(C)C. The molecule has 0 spiro atoms. The summed E-state index contributed by atoms with van der Waals surface area (Å²) in [6.45, 7) is 15.1. The second kappa shape index (κ2) is 12.6. The quantitative estimate of drug-likeness (QED) is 0.208. The van der Waals surface area contributed by atoms with Gasteiger partial charge in [-0.05, 0) is 91.8 Å². The minimum atomic E-state index is -0.191. The van der Waals surface area contributed by atoms with Crippen LogP contribution in [0.3, 0.4) is 0 Å². The number of amides is 1. The molecule has 4 nitrogen and oxygen atoms in total. The highest BCUT2D eigenvalue weighted by Crippen LogP contribution is 2.67. The van der Waals surface area contributed by atoms with Crippen LogP contribution in [0.15, 0.2) is 11.6 Å². The van der Waals surface area contributed by atoms with Crippen LogP contribution >= 0.6 is 0 Å². The standard InChI is InChI=1S/C34H59NO3/c1-7-8-9-10-20-35-32(37)38-30-22-29-27-15-14-25-21-26(36)16-18-33(25,5)28(27)17-19-34(29,6)31(30)24(4)13-11-12-23(2)3/h14,23-24,26-31,36H,7-13,15-22H2,1-6H3,(H,35,37)/t24-,26+,27-,28+,29+,30?,31+,33+,34+/m1/s1. The summed E-state index contributed by atoms with van der Waals surface area (Å²) in [5, 5.41) is 13.5. The van der Waals surface area contributed by atoms with E-state index in [1.807, 2.05) is 0 Å². The molecule has 0 bridgehead atoms. The third-order valence-electron chi connectivity index (χ3n) is 11.8. The highest BCUT2D eigenvalue weighted by atomic mass is 16.6. The maximum absolute atomic E-state index is 13.0. The molecule has 0 aromatic carbocycles. The molecule has 4 aliphatic rings. The van der Waals surface area contributed by atoms with Crippen LogP contribution in [-0.4, -0.2) is 30.0 Å². The van der Waals surface area contributed by atoms with Gasteiger partial charge in [0.15, 0.2) is 0 Å². The van der Waals surface area contributed by atoms with Crippen LogP contribution in [0.25, 0.3) is 0 Å². The average molecular weight is 530 g/mol. The van der Waals surface area contributed by atoms with Crippen molar-refractivity contribution in [2.45, 2.75) is 144 Å². The van der Waals surface area contributed by atoms with Crippen molar-refractivity contribution >= 4 is 6.09 Å². The van der Waals surface area contributed by atoms with E-state index in [0.717, 1.165) is 51.0 Å². The maximum atomic E-state index is 13.0. The van der Waals surface area contributed by atoms with E-state index >= 15 is 0 Å². The van der Waals surface area contributed by atoms with Crippen molar-refractivity contribution in [1.82, 2.24) is 5.32 Å². The van der Waals surface area contributed by atoms with Crippen molar-refractivity contribution in [3.63, 3.8) is 0 Å². The maximum Gasteiger partial charge on any atom is 0.407 e. The summed E-state index contributed by atoms with van der Waals surface area (Å²) < 4.78 is 6.36. The van der Waals surface area contributed by atoms with E-state index in [1.165, 1.54) is 56.9 Å². The Morgan fingerprint density at radius 1 is 1.08 bits per heavy atom. The molecule has 2 N–H and O–H groups in total. The van der Waals surface area contributed by atoms with Crippen molar-refractivity contribution in [3.05, 3.63) is 11.6 Å². The second-order valence-corrected chi connectivity index (χ2v) is 14.7. The molecular weight excluding hydrogens is 470 g/mol. The first-order chi connectivity index (χ1) is 18.1. The van der Waals surface area contributed by atoms with E-state index in [1.54, 1.807) is 0 Å². The lowest BCUT2D eigenvalue weighted by molar-refractivity contribution is -0.0625. The number of carbonyl (C=O) groups excluding carboxylic acids is 1. The highest BCUT2D eigenvalue weighted by Gasteiger charge is 2.62. The lowest BCUT2D eigenvalue weighted by Crippen LogP contribution is -2.51. The molecule has 1 unspecified atom stereocenters. The van der Waals surface area contributed by atoms with E-state index in [2.05, 4.69) is 52.9 Å². The highest BCUT2D eigenvalue weighted by molar-refractivity contribution is 5.67. The molecule has 0 heterocycles. The molecule has 0 radical (unpaired) electrons. The van der Waals surface area contributed by atoms with Crippen molar-refractivity contribution < 1.29 is 14.6 Å². The Kier molecular flexibility index (Phi) is 9.97. The summed E-state index contributed by atoms with van der Waals surface area (Å²) in [4.78, 5) is 13.0. The fraction of sp³-hybridized carbons (Fsp3) is 0.912. The zero-order valence-corrected chi connectivity index (χ0v) is 25.6. The van der Waals surface area contributed by atoms with Crippen molar-refractivity contribution in [3.8, 4) is 0 Å². The zero-order valence-electron chi connectivity index (χ0n) is 25.6. The topological polar surface area (TPSA) is 58.6 Å². The molecule has 4 rings (SSSR count). The molecule has 9 atom stereocenters. The van der Waals surface area contributed by atoms with Gasteiger partial charge < -0.3 is 15.2 Å². The first-order valence-corrected chi connectivity index (χ1v) is 16.4. The third kappa shape index (κ3) is 6.16. The molecule has 4 heteroatoms. The van der Waals surface area contributed by atoms with Crippen LogP contribution < -0.4 is 5.32 Å². The average Bonchev–Trinajstić information content (AvgIpc) is 3.15. The van der Waals surface area contributed by atoms with E-state index in [9.17, 15) is 9.90 Å². The van der Waals surface area contributed by atoms with Crippen LogP contribution in [0.4, 0.5) is 4.79 Å². The number of fused-ring (bicyclic) bond motifs is 5. The van der Waals surface area contributed by atoms with E-state index in [-0.39, 0.29) is 29.1 Å². The van der Waals surface area contributed by atoms with E-state index in [4.69, 9.17) is 4.74 Å². The summed E-state index contributed by atoms with van der Waals surface area (Å²) in [7, 11) is 0. The van der Waals surface area contributed by atoms with Crippen LogP contribution in [0.5, 0.6) is 0 Å². The minimum absolute atomic E-state index is 0.0276. The first kappa shape index (κ1) is 29.9.